The van der Waals surface area contributed by atoms with Crippen molar-refractivity contribution in [2.24, 2.45) is 21.5 Å². The Balaban J connectivity index is 4.24. The van der Waals surface area contributed by atoms with Crippen LogP contribution in [-0.4, -0.2) is 31.3 Å². The van der Waals surface area contributed by atoms with Crippen molar-refractivity contribution in [1.82, 2.24) is 0 Å². The molecule has 0 aliphatic rings. The van der Waals surface area contributed by atoms with Crippen LogP contribution in [0.4, 0.5) is 4.79 Å². The number of guanidine groups is 1. The Morgan fingerprint density at radius 3 is 2.21 bits per heavy atom. The third-order valence-corrected chi connectivity index (χ3v) is 0.991. The number of nitrogens with zero attached hydrogens (tertiary/aromatic N) is 2. The van der Waals surface area contributed by atoms with Gasteiger partial charge in [0.25, 0.3) is 6.02 Å². The summed E-state index contributed by atoms with van der Waals surface area (Å²) >= 11 is 0. The van der Waals surface area contributed by atoms with Crippen LogP contribution in [0, 0.1) is 0 Å². The lowest BCUT2D eigenvalue weighted by Gasteiger charge is -1.99. The molecule has 7 heteroatoms. The standard InChI is InChI=1S/C7H14N4O3/c1-3-13-6(9)10-5(8)11-7(12)14-4-2/h3-4H2,1-2H3,(H4,8,9,10,11,12). The molecule has 0 heterocycles. The number of rotatable bonds is 2. The van der Waals surface area contributed by atoms with Crippen molar-refractivity contribution >= 4 is 18.1 Å². The minimum atomic E-state index is -0.807. The van der Waals surface area contributed by atoms with Gasteiger partial charge < -0.3 is 20.9 Å². The molecule has 0 saturated carbocycles. The van der Waals surface area contributed by atoms with Crippen LogP contribution in [0.2, 0.25) is 0 Å². The van der Waals surface area contributed by atoms with Gasteiger partial charge >= 0.3 is 6.09 Å². The molecular formula is C7H14N4O3. The molecule has 14 heavy (non-hydrogen) atoms. The van der Waals surface area contributed by atoms with E-state index in [4.69, 9.17) is 16.2 Å². The van der Waals surface area contributed by atoms with Gasteiger partial charge in [-0.05, 0) is 13.8 Å². The Bertz CT molecular complexity index is 249. The van der Waals surface area contributed by atoms with Crippen LogP contribution in [-0.2, 0) is 9.47 Å². The van der Waals surface area contributed by atoms with Crippen molar-refractivity contribution in [1.29, 1.82) is 0 Å². The zero-order chi connectivity index (χ0) is 11.0. The van der Waals surface area contributed by atoms with Gasteiger partial charge in [0, 0.05) is 0 Å². The first kappa shape index (κ1) is 12.2. The van der Waals surface area contributed by atoms with E-state index < -0.39 is 6.09 Å². The second-order valence-electron chi connectivity index (χ2n) is 2.05. The predicted octanol–water partition coefficient (Wildman–Crippen LogP) is -0.191. The summed E-state index contributed by atoms with van der Waals surface area (Å²) in [6.45, 7) is 3.98. The van der Waals surface area contributed by atoms with Crippen molar-refractivity contribution in [2.45, 2.75) is 13.8 Å². The largest absolute Gasteiger partial charge is 0.465 e. The molecule has 0 spiro atoms. The van der Waals surface area contributed by atoms with Crippen molar-refractivity contribution in [3.05, 3.63) is 0 Å². The predicted molar refractivity (Wildman–Crippen MR) is 51.9 cm³/mol. The molecule has 0 saturated heterocycles. The second kappa shape index (κ2) is 6.70. The maximum atomic E-state index is 10.8. The molecule has 80 valence electrons. The number of carbonyl (C=O) groups is 1. The van der Waals surface area contributed by atoms with E-state index in [9.17, 15) is 4.79 Å². The lowest BCUT2D eigenvalue weighted by molar-refractivity contribution is 0.163. The van der Waals surface area contributed by atoms with Crippen molar-refractivity contribution in [2.75, 3.05) is 13.2 Å². The average molecular weight is 202 g/mol. The quantitative estimate of drug-likeness (QED) is 0.476. The zero-order valence-corrected chi connectivity index (χ0v) is 8.19. The summed E-state index contributed by atoms with van der Waals surface area (Å²) in [5.41, 5.74) is 10.5. The highest BCUT2D eigenvalue weighted by Gasteiger charge is 2.00. The number of carbonyl (C=O) groups excluding carboxylic acids is 1. The van der Waals surface area contributed by atoms with Gasteiger partial charge in [-0.1, -0.05) is 0 Å². The molecule has 0 aromatic carbocycles. The second-order valence-corrected chi connectivity index (χ2v) is 2.05. The van der Waals surface area contributed by atoms with Crippen LogP contribution < -0.4 is 11.5 Å². The lowest BCUT2D eigenvalue weighted by atomic mass is 10.8. The van der Waals surface area contributed by atoms with Crippen LogP contribution in [0.3, 0.4) is 0 Å². The molecule has 0 aliphatic heterocycles. The Labute approximate surface area is 81.8 Å². The van der Waals surface area contributed by atoms with Crippen LogP contribution in [0.15, 0.2) is 9.98 Å². The van der Waals surface area contributed by atoms with Crippen LogP contribution in [0.1, 0.15) is 13.8 Å². The summed E-state index contributed by atoms with van der Waals surface area (Å²) in [7, 11) is 0. The topological polar surface area (TPSA) is 112 Å². The Kier molecular flexibility index (Phi) is 5.84. The average Bonchev–Trinajstić information content (AvgIpc) is 2.03. The molecule has 4 N–H and O–H groups in total. The molecule has 0 aromatic heterocycles. The summed E-state index contributed by atoms with van der Waals surface area (Å²) in [6, 6.07) is -0.141. The summed E-state index contributed by atoms with van der Waals surface area (Å²) in [4.78, 5) is 17.5. The van der Waals surface area contributed by atoms with Crippen molar-refractivity contribution in [3.63, 3.8) is 0 Å². The zero-order valence-electron chi connectivity index (χ0n) is 8.19. The van der Waals surface area contributed by atoms with Crippen LogP contribution in [0.5, 0.6) is 0 Å². The normalized spacial score (nSPS) is 12.4. The van der Waals surface area contributed by atoms with Gasteiger partial charge in [-0.3, -0.25) is 0 Å². The van der Waals surface area contributed by atoms with Gasteiger partial charge in [0.15, 0.2) is 0 Å². The molecule has 0 fully saturated rings. The van der Waals surface area contributed by atoms with Crippen molar-refractivity contribution < 1.29 is 14.3 Å². The Morgan fingerprint density at radius 1 is 1.14 bits per heavy atom. The highest BCUT2D eigenvalue weighted by molar-refractivity contribution is 5.95. The summed E-state index contributed by atoms with van der Waals surface area (Å²) in [5.74, 6) is -0.297. The number of hydrogen-bond donors (Lipinski definition) is 2. The number of aliphatic imine (C=N–C) groups is 2. The van der Waals surface area contributed by atoms with E-state index in [-0.39, 0.29) is 18.6 Å². The summed E-state index contributed by atoms with van der Waals surface area (Å²) < 4.78 is 9.27. The molecule has 0 rings (SSSR count). The van der Waals surface area contributed by atoms with E-state index in [0.717, 1.165) is 0 Å². The third-order valence-electron chi connectivity index (χ3n) is 0.991. The van der Waals surface area contributed by atoms with Gasteiger partial charge in [0.2, 0.25) is 5.96 Å². The van der Waals surface area contributed by atoms with Crippen molar-refractivity contribution in [3.8, 4) is 0 Å². The van der Waals surface area contributed by atoms with E-state index in [1.807, 2.05) is 0 Å². The van der Waals surface area contributed by atoms with Gasteiger partial charge in [0.1, 0.15) is 0 Å². The molecule has 1 amide bonds. The van der Waals surface area contributed by atoms with E-state index in [2.05, 4.69) is 14.7 Å². The first-order valence-electron chi connectivity index (χ1n) is 4.08. The number of nitrogens with two attached hydrogens (primary N) is 2. The van der Waals surface area contributed by atoms with E-state index >= 15 is 0 Å². The summed E-state index contributed by atoms with van der Waals surface area (Å²) in [5, 5.41) is 0. The first-order valence-corrected chi connectivity index (χ1v) is 4.08. The highest BCUT2D eigenvalue weighted by atomic mass is 16.5. The molecule has 0 bridgehead atoms. The van der Waals surface area contributed by atoms with Gasteiger partial charge in [-0.2, -0.15) is 4.99 Å². The van der Waals surface area contributed by atoms with E-state index in [1.165, 1.54) is 0 Å². The minimum absolute atomic E-state index is 0.141. The Hall–Kier alpha value is -1.79. The molecule has 0 radical (unpaired) electrons. The van der Waals surface area contributed by atoms with Crippen LogP contribution >= 0.6 is 0 Å². The molecule has 0 aliphatic carbocycles. The third kappa shape index (κ3) is 5.81. The molecule has 0 aromatic rings. The van der Waals surface area contributed by atoms with Gasteiger partial charge in [-0.15, -0.1) is 4.99 Å². The monoisotopic (exact) mass is 202 g/mol. The maximum Gasteiger partial charge on any atom is 0.436 e. The minimum Gasteiger partial charge on any atom is -0.465 e. The number of hydrogen-bond acceptors (Lipinski definition) is 3. The SMILES string of the molecule is CCOC(=O)N=C(N)/N=C(\N)OCC. The fourth-order valence-corrected chi connectivity index (χ4v) is 0.567. The maximum absolute atomic E-state index is 10.8. The lowest BCUT2D eigenvalue weighted by Crippen LogP contribution is -2.22. The molecule has 0 atom stereocenters. The molecular weight excluding hydrogens is 188 g/mol. The number of ether oxygens (including phenoxy) is 2. The Morgan fingerprint density at radius 2 is 1.71 bits per heavy atom. The van der Waals surface area contributed by atoms with Gasteiger partial charge in [-0.25, -0.2) is 4.79 Å². The molecule has 7 nitrogen and oxygen atoms in total. The van der Waals surface area contributed by atoms with Crippen LogP contribution in [0.25, 0.3) is 0 Å². The van der Waals surface area contributed by atoms with E-state index in [1.54, 1.807) is 13.8 Å². The fourth-order valence-electron chi connectivity index (χ4n) is 0.567. The molecule has 0 unspecified atom stereocenters. The first-order chi connectivity index (χ1) is 6.60. The summed E-state index contributed by atoms with van der Waals surface area (Å²) in [6.07, 6.45) is -0.807. The van der Waals surface area contributed by atoms with Gasteiger partial charge in [0.05, 0.1) is 13.2 Å². The highest BCUT2D eigenvalue weighted by Crippen LogP contribution is 1.85. The number of amides is 1. The smallest absolute Gasteiger partial charge is 0.436 e. The number of amidine groups is 1. The van der Waals surface area contributed by atoms with E-state index in [0.29, 0.717) is 6.61 Å². The fraction of sp³-hybridized carbons (Fsp3) is 0.571.